The van der Waals surface area contributed by atoms with E-state index in [1.165, 1.54) is 0 Å². The third-order valence-corrected chi connectivity index (χ3v) is 6.27. The second kappa shape index (κ2) is 6.36. The number of hydrazine groups is 1. The first kappa shape index (κ1) is 17.8. The van der Waals surface area contributed by atoms with E-state index in [1.54, 1.807) is 12.2 Å². The molecule has 0 radical (unpaired) electrons. The predicted octanol–water partition coefficient (Wildman–Crippen LogP) is 3.07. The summed E-state index contributed by atoms with van der Waals surface area (Å²) in [6, 6.07) is 12.1. The molecule has 29 heavy (non-hydrogen) atoms. The molecule has 2 aromatic rings. The van der Waals surface area contributed by atoms with Crippen LogP contribution in [0.4, 0.5) is 0 Å². The van der Waals surface area contributed by atoms with E-state index in [0.717, 1.165) is 35.6 Å². The highest BCUT2D eigenvalue weighted by molar-refractivity contribution is 6.00. The van der Waals surface area contributed by atoms with Crippen LogP contribution in [-0.4, -0.2) is 27.5 Å². The zero-order valence-corrected chi connectivity index (χ0v) is 16.3. The van der Waals surface area contributed by atoms with Crippen LogP contribution >= 0.6 is 0 Å². The second-order valence-electron chi connectivity index (χ2n) is 8.01. The summed E-state index contributed by atoms with van der Waals surface area (Å²) in [5, 5.41) is 19.5. The van der Waals surface area contributed by atoms with Gasteiger partial charge >= 0.3 is 0 Å². The van der Waals surface area contributed by atoms with Crippen LogP contribution in [0.2, 0.25) is 0 Å². The zero-order valence-electron chi connectivity index (χ0n) is 16.3. The molecule has 146 valence electrons. The molecule has 1 aromatic heterocycles. The molecule has 0 saturated heterocycles. The number of nitriles is 1. The topological polar surface area (TPSA) is 98.7 Å². The first-order valence-electron chi connectivity index (χ1n) is 9.75. The number of fused-ring (bicyclic) bond motifs is 3. The van der Waals surface area contributed by atoms with Gasteiger partial charge in [-0.15, -0.1) is 5.11 Å². The Kier molecular flexibility index (Phi) is 3.89. The molecule has 1 aromatic carbocycles. The van der Waals surface area contributed by atoms with Crippen molar-refractivity contribution in [1.29, 1.82) is 5.26 Å². The van der Waals surface area contributed by atoms with Crippen LogP contribution in [-0.2, 0) is 16.6 Å². The highest BCUT2D eigenvalue weighted by Crippen LogP contribution is 2.48. The smallest absolute Gasteiger partial charge is 0.221 e. The average molecular weight is 387 g/mol. The Balaban J connectivity index is 1.73. The van der Waals surface area contributed by atoms with Gasteiger partial charge < -0.3 is 0 Å². The number of ketones is 1. The van der Waals surface area contributed by atoms with E-state index >= 15 is 0 Å². The highest BCUT2D eigenvalue weighted by Gasteiger charge is 2.47. The quantitative estimate of drug-likeness (QED) is 0.854. The van der Waals surface area contributed by atoms with E-state index in [0.29, 0.717) is 6.42 Å². The molecule has 2 heterocycles. The number of allylic oxidation sites excluding steroid dienone is 2. The molecule has 0 spiro atoms. The molecular weight excluding hydrogens is 366 g/mol. The molecule has 0 fully saturated rings. The number of nitrogens with one attached hydrogen (secondary N) is 1. The SMILES string of the molecule is CN1N=NC(n2c(-c3ccccc3)nc3c2CCC2CC(=O)C(C#N)=CC32C)N1. The predicted molar refractivity (Wildman–Crippen MR) is 105 cm³/mol. The largest absolute Gasteiger partial charge is 0.293 e. The lowest BCUT2D eigenvalue weighted by Crippen LogP contribution is -2.41. The monoisotopic (exact) mass is 387 g/mol. The number of carbonyl (C=O) groups excluding carboxylic acids is 1. The van der Waals surface area contributed by atoms with E-state index in [-0.39, 0.29) is 23.6 Å². The number of nitrogens with zero attached hydrogens (tertiary/aromatic N) is 6. The highest BCUT2D eigenvalue weighted by atomic mass is 16.1. The Morgan fingerprint density at radius 1 is 1.31 bits per heavy atom. The summed E-state index contributed by atoms with van der Waals surface area (Å²) < 4.78 is 2.11. The van der Waals surface area contributed by atoms with E-state index < -0.39 is 5.41 Å². The van der Waals surface area contributed by atoms with Gasteiger partial charge in [0, 0.05) is 30.1 Å². The van der Waals surface area contributed by atoms with Crippen LogP contribution in [0.3, 0.4) is 0 Å². The summed E-state index contributed by atoms with van der Waals surface area (Å²) in [6.07, 6.45) is 3.52. The summed E-state index contributed by atoms with van der Waals surface area (Å²) in [6.45, 7) is 2.10. The number of hydrogen-bond donors (Lipinski definition) is 1. The van der Waals surface area contributed by atoms with Crippen LogP contribution in [0.1, 0.15) is 37.4 Å². The Bertz CT molecular complexity index is 1090. The van der Waals surface area contributed by atoms with Gasteiger partial charge in [-0.1, -0.05) is 48.6 Å². The normalized spacial score (nSPS) is 28.0. The van der Waals surface area contributed by atoms with Crippen molar-refractivity contribution in [2.24, 2.45) is 16.3 Å². The van der Waals surface area contributed by atoms with E-state index in [1.807, 2.05) is 36.4 Å². The van der Waals surface area contributed by atoms with Gasteiger partial charge in [0.25, 0.3) is 0 Å². The molecular formula is C21H21N7O. The lowest BCUT2D eigenvalue weighted by Gasteiger charge is -2.41. The summed E-state index contributed by atoms with van der Waals surface area (Å²) in [5.41, 5.74) is 6.02. The molecule has 2 aliphatic carbocycles. The number of benzene rings is 1. The molecule has 3 atom stereocenters. The van der Waals surface area contributed by atoms with Gasteiger partial charge in [0.2, 0.25) is 6.29 Å². The van der Waals surface area contributed by atoms with E-state index in [4.69, 9.17) is 4.98 Å². The number of imidazole rings is 1. The fraction of sp³-hybridized carbons (Fsp3) is 0.381. The summed E-state index contributed by atoms with van der Waals surface area (Å²) in [7, 11) is 1.81. The Labute approximate surface area is 168 Å². The maximum atomic E-state index is 12.3. The second-order valence-corrected chi connectivity index (χ2v) is 8.01. The lowest BCUT2D eigenvalue weighted by atomic mass is 9.62. The average Bonchev–Trinajstić information content (AvgIpc) is 3.32. The van der Waals surface area contributed by atoms with Crippen LogP contribution < -0.4 is 5.43 Å². The van der Waals surface area contributed by atoms with Crippen LogP contribution in [0, 0.1) is 17.2 Å². The summed E-state index contributed by atoms with van der Waals surface area (Å²) >= 11 is 0. The molecule has 8 nitrogen and oxygen atoms in total. The Morgan fingerprint density at radius 3 is 2.79 bits per heavy atom. The van der Waals surface area contributed by atoms with Crippen molar-refractivity contribution >= 4 is 5.78 Å². The van der Waals surface area contributed by atoms with Gasteiger partial charge in [0.15, 0.2) is 5.78 Å². The van der Waals surface area contributed by atoms with Crippen molar-refractivity contribution in [3.05, 3.63) is 53.4 Å². The van der Waals surface area contributed by atoms with Crippen molar-refractivity contribution in [2.75, 3.05) is 7.05 Å². The van der Waals surface area contributed by atoms with Crippen molar-refractivity contribution in [2.45, 2.75) is 37.9 Å². The Hall–Kier alpha value is -3.31. The molecule has 0 bridgehead atoms. The number of hydrogen-bond acceptors (Lipinski definition) is 7. The van der Waals surface area contributed by atoms with Crippen molar-refractivity contribution in [1.82, 2.24) is 20.1 Å². The maximum Gasteiger partial charge on any atom is 0.221 e. The van der Waals surface area contributed by atoms with E-state index in [2.05, 4.69) is 33.3 Å². The molecule has 0 saturated carbocycles. The Morgan fingerprint density at radius 2 is 2.10 bits per heavy atom. The van der Waals surface area contributed by atoms with Crippen LogP contribution in [0.15, 0.2) is 52.3 Å². The summed E-state index contributed by atoms with van der Waals surface area (Å²) in [4.78, 5) is 17.4. The number of rotatable bonds is 2. The molecule has 0 amide bonds. The molecule has 3 aliphatic rings. The molecule has 1 aliphatic heterocycles. The molecule has 3 unspecified atom stereocenters. The van der Waals surface area contributed by atoms with Crippen molar-refractivity contribution < 1.29 is 4.79 Å². The van der Waals surface area contributed by atoms with Crippen molar-refractivity contribution in [3.63, 3.8) is 0 Å². The first-order valence-corrected chi connectivity index (χ1v) is 9.75. The van der Waals surface area contributed by atoms with Crippen LogP contribution in [0.5, 0.6) is 0 Å². The standard InChI is InChI=1S/C21H21N7O/c1-21-11-14(12-22)17(29)10-15(21)8-9-16-18(21)23-19(13-6-4-3-5-7-13)28(16)20-24-26-27(2)25-20/h3-7,11,15,20,25H,8-10H2,1-2H3. The summed E-state index contributed by atoms with van der Waals surface area (Å²) in [5.74, 6) is 0.898. The lowest BCUT2D eigenvalue weighted by molar-refractivity contribution is -0.117. The van der Waals surface area contributed by atoms with Gasteiger partial charge in [-0.25, -0.2) is 10.1 Å². The third-order valence-electron chi connectivity index (χ3n) is 6.27. The third kappa shape index (κ3) is 2.62. The van der Waals surface area contributed by atoms with Gasteiger partial charge in [-0.2, -0.15) is 10.7 Å². The van der Waals surface area contributed by atoms with Gasteiger partial charge in [0.05, 0.1) is 11.3 Å². The molecule has 5 rings (SSSR count). The maximum absolute atomic E-state index is 12.3. The minimum atomic E-state index is -0.455. The van der Waals surface area contributed by atoms with E-state index in [9.17, 15) is 10.1 Å². The first-order chi connectivity index (χ1) is 14.0. The minimum absolute atomic E-state index is 0.0611. The van der Waals surface area contributed by atoms with Gasteiger partial charge in [-0.05, 0) is 18.8 Å². The van der Waals surface area contributed by atoms with Crippen molar-refractivity contribution in [3.8, 4) is 17.5 Å². The van der Waals surface area contributed by atoms with Crippen LogP contribution in [0.25, 0.3) is 11.4 Å². The minimum Gasteiger partial charge on any atom is -0.293 e. The molecule has 8 heteroatoms. The van der Waals surface area contributed by atoms with Gasteiger partial charge in [-0.3, -0.25) is 9.36 Å². The van der Waals surface area contributed by atoms with Gasteiger partial charge in [0.1, 0.15) is 11.9 Å². The fourth-order valence-corrected chi connectivity index (χ4v) is 4.76. The fourth-order valence-electron chi connectivity index (χ4n) is 4.76. The number of Topliss-reactive ketones (excluding diaryl/α,β-unsaturated/α-hetero) is 1. The molecule has 1 N–H and O–H groups in total. The zero-order chi connectivity index (χ0) is 20.2. The number of aromatic nitrogens is 2. The number of carbonyl (C=O) groups is 1.